The molecule has 1 amide bonds. The summed E-state index contributed by atoms with van der Waals surface area (Å²) in [7, 11) is 0. The molecule has 0 unspecified atom stereocenters. The monoisotopic (exact) mass is 388 g/mol. The van der Waals surface area contributed by atoms with Crippen molar-refractivity contribution in [3.8, 4) is 0 Å². The van der Waals surface area contributed by atoms with Gasteiger partial charge in [0.2, 0.25) is 0 Å². The molecule has 0 saturated carbocycles. The number of rotatable bonds is 2. The van der Waals surface area contributed by atoms with Crippen molar-refractivity contribution in [2.24, 2.45) is 0 Å². The van der Waals surface area contributed by atoms with E-state index < -0.39 is 0 Å². The number of carbonyl (C=O) groups is 1. The van der Waals surface area contributed by atoms with Gasteiger partial charge in [-0.15, -0.1) is 0 Å². The highest BCUT2D eigenvalue weighted by molar-refractivity contribution is 9.11. The zero-order valence-electron chi connectivity index (χ0n) is 8.95. The molecule has 1 heterocycles. The van der Waals surface area contributed by atoms with Crippen LogP contribution in [0.15, 0.2) is 45.5 Å². The third-order valence-electron chi connectivity index (χ3n) is 2.17. The Bertz CT molecular complexity index is 604. The van der Waals surface area contributed by atoms with Gasteiger partial charge in [-0.25, -0.2) is 4.98 Å². The first kappa shape index (κ1) is 13.5. The average molecular weight is 390 g/mol. The lowest BCUT2D eigenvalue weighted by Crippen LogP contribution is -2.13. The maximum atomic E-state index is 12.0. The van der Waals surface area contributed by atoms with Crippen molar-refractivity contribution in [3.05, 3.63) is 56.1 Å². The summed E-state index contributed by atoms with van der Waals surface area (Å²) in [5.41, 5.74) is 0.504. The van der Waals surface area contributed by atoms with Crippen LogP contribution in [0.3, 0.4) is 0 Å². The molecule has 0 aliphatic carbocycles. The molecule has 0 bridgehead atoms. The molecule has 1 aromatic carbocycles. The Morgan fingerprint density at radius 2 is 2.00 bits per heavy atom. The first-order valence-corrected chi connectivity index (χ1v) is 6.91. The number of aromatic nitrogens is 1. The molecular weight excluding hydrogens is 383 g/mol. The number of nitrogens with zero attached hydrogens (tertiary/aromatic N) is 1. The molecule has 0 fully saturated rings. The van der Waals surface area contributed by atoms with Crippen LogP contribution in [0.4, 0.5) is 5.82 Å². The van der Waals surface area contributed by atoms with E-state index >= 15 is 0 Å². The van der Waals surface area contributed by atoms with E-state index in [1.165, 1.54) is 0 Å². The summed E-state index contributed by atoms with van der Waals surface area (Å²) >= 11 is 12.5. The Hall–Kier alpha value is -0.910. The van der Waals surface area contributed by atoms with Gasteiger partial charge < -0.3 is 5.32 Å². The number of hydrogen-bond donors (Lipinski definition) is 1. The summed E-state index contributed by atoms with van der Waals surface area (Å²) in [6.07, 6.45) is 1.61. The molecule has 6 heteroatoms. The topological polar surface area (TPSA) is 42.0 Å². The molecular formula is C12H7Br2ClN2O. The minimum absolute atomic E-state index is 0.244. The predicted molar refractivity (Wildman–Crippen MR) is 79.0 cm³/mol. The highest BCUT2D eigenvalue weighted by Crippen LogP contribution is 2.24. The van der Waals surface area contributed by atoms with E-state index in [0.29, 0.717) is 20.9 Å². The van der Waals surface area contributed by atoms with Gasteiger partial charge in [0.25, 0.3) is 5.91 Å². The van der Waals surface area contributed by atoms with Crippen LogP contribution < -0.4 is 5.32 Å². The predicted octanol–water partition coefficient (Wildman–Crippen LogP) is 4.51. The van der Waals surface area contributed by atoms with Crippen LogP contribution >= 0.6 is 43.5 Å². The molecule has 0 aliphatic heterocycles. The normalized spacial score (nSPS) is 10.2. The summed E-state index contributed by atoms with van der Waals surface area (Å²) in [5, 5.41) is 3.27. The van der Waals surface area contributed by atoms with Gasteiger partial charge in [0.15, 0.2) is 0 Å². The molecule has 1 aromatic heterocycles. The zero-order valence-corrected chi connectivity index (χ0v) is 12.9. The van der Waals surface area contributed by atoms with Crippen molar-refractivity contribution < 1.29 is 4.79 Å². The third kappa shape index (κ3) is 3.10. The maximum Gasteiger partial charge on any atom is 0.256 e. The fourth-order valence-electron chi connectivity index (χ4n) is 1.29. The minimum Gasteiger partial charge on any atom is -0.306 e. The first-order chi connectivity index (χ1) is 8.58. The lowest BCUT2D eigenvalue weighted by Gasteiger charge is -2.06. The molecule has 0 radical (unpaired) electrons. The Balaban J connectivity index is 2.22. The standard InChI is InChI=1S/C12H7Br2ClN2O/c13-8-2-1-5-16-11(8)17-12(18)7-3-4-10(15)9(14)6-7/h1-6H,(H,16,17,18). The van der Waals surface area contributed by atoms with Crippen LogP contribution in [-0.4, -0.2) is 10.9 Å². The van der Waals surface area contributed by atoms with Gasteiger partial charge >= 0.3 is 0 Å². The highest BCUT2D eigenvalue weighted by atomic mass is 79.9. The lowest BCUT2D eigenvalue weighted by atomic mass is 10.2. The van der Waals surface area contributed by atoms with Crippen molar-refractivity contribution in [3.63, 3.8) is 0 Å². The third-order valence-corrected chi connectivity index (χ3v) is 4.03. The van der Waals surface area contributed by atoms with Gasteiger partial charge in [0, 0.05) is 16.2 Å². The molecule has 0 spiro atoms. The molecule has 3 nitrogen and oxygen atoms in total. The van der Waals surface area contributed by atoms with Crippen molar-refractivity contribution in [2.75, 3.05) is 5.32 Å². The van der Waals surface area contributed by atoms with Crippen LogP contribution in [0.1, 0.15) is 10.4 Å². The van der Waals surface area contributed by atoms with Gasteiger partial charge in [0.1, 0.15) is 5.82 Å². The molecule has 18 heavy (non-hydrogen) atoms. The van der Waals surface area contributed by atoms with Crippen LogP contribution in [0.25, 0.3) is 0 Å². The summed E-state index contributed by atoms with van der Waals surface area (Å²) < 4.78 is 1.41. The molecule has 92 valence electrons. The van der Waals surface area contributed by atoms with Crippen LogP contribution in [0.5, 0.6) is 0 Å². The number of benzene rings is 1. The Labute approximate surface area is 126 Å². The summed E-state index contributed by atoms with van der Waals surface area (Å²) in [5.74, 6) is 0.236. The fraction of sp³-hybridized carbons (Fsp3) is 0. The molecule has 2 aromatic rings. The average Bonchev–Trinajstić information content (AvgIpc) is 2.35. The van der Waals surface area contributed by atoms with E-state index in [2.05, 4.69) is 42.2 Å². The Morgan fingerprint density at radius 3 is 2.67 bits per heavy atom. The second-order valence-corrected chi connectivity index (χ2v) is 5.53. The molecule has 0 saturated heterocycles. The number of nitrogens with one attached hydrogen (secondary N) is 1. The molecule has 0 aliphatic rings. The lowest BCUT2D eigenvalue weighted by molar-refractivity contribution is 0.102. The second-order valence-electron chi connectivity index (χ2n) is 3.42. The van der Waals surface area contributed by atoms with E-state index in [9.17, 15) is 4.79 Å². The van der Waals surface area contributed by atoms with Crippen molar-refractivity contribution >= 4 is 55.2 Å². The Kier molecular flexibility index (Phi) is 4.37. The molecule has 2 rings (SSSR count). The van der Waals surface area contributed by atoms with Crippen molar-refractivity contribution in [1.29, 1.82) is 0 Å². The summed E-state index contributed by atoms with van der Waals surface area (Å²) in [6, 6.07) is 8.56. The number of hydrogen-bond acceptors (Lipinski definition) is 2. The Morgan fingerprint density at radius 1 is 1.22 bits per heavy atom. The van der Waals surface area contributed by atoms with Gasteiger partial charge in [-0.05, 0) is 62.2 Å². The van der Waals surface area contributed by atoms with Gasteiger partial charge in [-0.3, -0.25) is 4.79 Å². The second kappa shape index (κ2) is 5.82. The van der Waals surface area contributed by atoms with Crippen LogP contribution in [0.2, 0.25) is 5.02 Å². The van der Waals surface area contributed by atoms with Gasteiger partial charge in [-0.2, -0.15) is 0 Å². The van der Waals surface area contributed by atoms with E-state index in [1.807, 2.05) is 0 Å². The smallest absolute Gasteiger partial charge is 0.256 e. The quantitative estimate of drug-likeness (QED) is 0.820. The van der Waals surface area contributed by atoms with E-state index in [0.717, 1.165) is 4.47 Å². The molecule has 0 atom stereocenters. The van der Waals surface area contributed by atoms with Crippen molar-refractivity contribution in [2.45, 2.75) is 0 Å². The van der Waals surface area contributed by atoms with Crippen LogP contribution in [0, 0.1) is 0 Å². The summed E-state index contributed by atoms with van der Waals surface area (Å²) in [6.45, 7) is 0. The summed E-state index contributed by atoms with van der Waals surface area (Å²) in [4.78, 5) is 16.1. The first-order valence-electron chi connectivity index (χ1n) is 4.95. The van der Waals surface area contributed by atoms with Crippen LogP contribution in [-0.2, 0) is 0 Å². The van der Waals surface area contributed by atoms with Gasteiger partial charge in [-0.1, -0.05) is 11.6 Å². The number of anilines is 1. The number of carbonyl (C=O) groups excluding carboxylic acids is 1. The number of amides is 1. The fourth-order valence-corrected chi connectivity index (χ4v) is 2.15. The minimum atomic E-state index is -0.244. The SMILES string of the molecule is O=C(Nc1ncccc1Br)c1ccc(Cl)c(Br)c1. The number of halogens is 3. The highest BCUT2D eigenvalue weighted by Gasteiger charge is 2.10. The largest absolute Gasteiger partial charge is 0.306 e. The number of pyridine rings is 1. The van der Waals surface area contributed by atoms with E-state index in [1.54, 1.807) is 36.5 Å². The maximum absolute atomic E-state index is 12.0. The van der Waals surface area contributed by atoms with E-state index in [-0.39, 0.29) is 5.91 Å². The van der Waals surface area contributed by atoms with E-state index in [4.69, 9.17) is 11.6 Å². The zero-order chi connectivity index (χ0) is 13.1. The van der Waals surface area contributed by atoms with Crippen molar-refractivity contribution in [1.82, 2.24) is 4.98 Å². The molecule has 1 N–H and O–H groups in total. The van der Waals surface area contributed by atoms with Gasteiger partial charge in [0.05, 0.1) is 9.50 Å².